The Morgan fingerprint density at radius 2 is 2.05 bits per heavy atom. The number of phenols is 2. The molecule has 0 aliphatic heterocycles. The average molecular weight is 267 g/mol. The van der Waals surface area contributed by atoms with Crippen LogP contribution in [0.1, 0.15) is 24.2 Å². The molecule has 0 heterocycles. The van der Waals surface area contributed by atoms with Crippen LogP contribution < -0.4 is 0 Å². The van der Waals surface area contributed by atoms with E-state index in [9.17, 15) is 15.0 Å². The standard InChI is InChI=1S/C14H21NO4/c1-3-15(7-8-19-4-2)10-14(18)12-6-5-11(16)9-13(12)17/h5-6,9,16-17H,3-4,7-8,10H2,1-2H3. The van der Waals surface area contributed by atoms with Gasteiger partial charge in [-0.25, -0.2) is 0 Å². The van der Waals surface area contributed by atoms with Gasteiger partial charge in [0.2, 0.25) is 0 Å². The van der Waals surface area contributed by atoms with Crippen LogP contribution in [0, 0.1) is 0 Å². The van der Waals surface area contributed by atoms with Crippen LogP contribution in [-0.2, 0) is 4.74 Å². The second-order valence-electron chi connectivity index (χ2n) is 4.19. The van der Waals surface area contributed by atoms with E-state index in [1.54, 1.807) is 0 Å². The fourth-order valence-electron chi connectivity index (χ4n) is 1.73. The molecule has 0 aliphatic carbocycles. The van der Waals surface area contributed by atoms with E-state index in [1.807, 2.05) is 18.7 Å². The molecular formula is C14H21NO4. The van der Waals surface area contributed by atoms with Crippen LogP contribution in [0.15, 0.2) is 18.2 Å². The molecule has 0 saturated carbocycles. The topological polar surface area (TPSA) is 70.0 Å². The van der Waals surface area contributed by atoms with Gasteiger partial charge >= 0.3 is 0 Å². The number of aromatic hydroxyl groups is 2. The van der Waals surface area contributed by atoms with E-state index in [4.69, 9.17) is 4.74 Å². The highest BCUT2D eigenvalue weighted by molar-refractivity contribution is 6.00. The third-order valence-corrected chi connectivity index (χ3v) is 2.85. The first kappa shape index (κ1) is 15.5. The second kappa shape index (κ2) is 7.76. The summed E-state index contributed by atoms with van der Waals surface area (Å²) in [6.45, 7) is 6.77. The Hall–Kier alpha value is -1.59. The molecule has 5 heteroatoms. The highest BCUT2D eigenvalue weighted by atomic mass is 16.5. The summed E-state index contributed by atoms with van der Waals surface area (Å²) in [6, 6.07) is 4.00. The number of Topliss-reactive ketones (excluding diaryl/α,β-unsaturated/α-hetero) is 1. The van der Waals surface area contributed by atoms with E-state index in [0.29, 0.717) is 19.8 Å². The lowest BCUT2D eigenvalue weighted by molar-refractivity contribution is 0.0865. The van der Waals surface area contributed by atoms with Crippen molar-refractivity contribution in [1.29, 1.82) is 0 Å². The van der Waals surface area contributed by atoms with Gasteiger partial charge in [-0.05, 0) is 25.6 Å². The van der Waals surface area contributed by atoms with Crippen molar-refractivity contribution in [2.45, 2.75) is 13.8 Å². The first-order valence-electron chi connectivity index (χ1n) is 6.43. The molecule has 0 aromatic heterocycles. The van der Waals surface area contributed by atoms with Crippen molar-refractivity contribution in [2.24, 2.45) is 0 Å². The quantitative estimate of drug-likeness (QED) is 0.553. The van der Waals surface area contributed by atoms with E-state index < -0.39 is 0 Å². The minimum absolute atomic E-state index is 0.0576. The van der Waals surface area contributed by atoms with E-state index >= 15 is 0 Å². The molecule has 19 heavy (non-hydrogen) atoms. The van der Waals surface area contributed by atoms with E-state index in [-0.39, 0.29) is 29.4 Å². The fourth-order valence-corrected chi connectivity index (χ4v) is 1.73. The van der Waals surface area contributed by atoms with E-state index in [0.717, 1.165) is 6.54 Å². The summed E-state index contributed by atoms with van der Waals surface area (Å²) in [7, 11) is 0. The van der Waals surface area contributed by atoms with Crippen molar-refractivity contribution in [3.8, 4) is 11.5 Å². The maximum atomic E-state index is 12.1. The Labute approximate surface area is 113 Å². The minimum Gasteiger partial charge on any atom is -0.508 e. The summed E-state index contributed by atoms with van der Waals surface area (Å²) in [5.74, 6) is -0.417. The molecule has 0 aliphatic rings. The fraction of sp³-hybridized carbons (Fsp3) is 0.500. The summed E-state index contributed by atoms with van der Waals surface area (Å²) < 4.78 is 5.26. The summed E-state index contributed by atoms with van der Waals surface area (Å²) in [6.07, 6.45) is 0. The van der Waals surface area contributed by atoms with Crippen molar-refractivity contribution >= 4 is 5.78 Å². The predicted molar refractivity (Wildman–Crippen MR) is 72.7 cm³/mol. The van der Waals surface area contributed by atoms with Crippen molar-refractivity contribution in [3.63, 3.8) is 0 Å². The van der Waals surface area contributed by atoms with Crippen LogP contribution in [0.3, 0.4) is 0 Å². The van der Waals surface area contributed by atoms with Gasteiger partial charge in [0.1, 0.15) is 11.5 Å². The van der Waals surface area contributed by atoms with Crippen molar-refractivity contribution < 1.29 is 19.7 Å². The van der Waals surface area contributed by atoms with Gasteiger partial charge in [-0.2, -0.15) is 0 Å². The molecule has 0 unspecified atom stereocenters. The third kappa shape index (κ3) is 4.89. The number of hydrogen-bond acceptors (Lipinski definition) is 5. The van der Waals surface area contributed by atoms with Crippen LogP contribution in [0.4, 0.5) is 0 Å². The smallest absolute Gasteiger partial charge is 0.180 e. The lowest BCUT2D eigenvalue weighted by Gasteiger charge is -2.19. The maximum absolute atomic E-state index is 12.1. The summed E-state index contributed by atoms with van der Waals surface area (Å²) >= 11 is 0. The van der Waals surface area contributed by atoms with Gasteiger partial charge in [-0.3, -0.25) is 9.69 Å². The molecule has 0 fully saturated rings. The van der Waals surface area contributed by atoms with Crippen molar-refractivity contribution in [1.82, 2.24) is 4.90 Å². The summed E-state index contributed by atoms with van der Waals surface area (Å²) in [5, 5.41) is 18.8. The second-order valence-corrected chi connectivity index (χ2v) is 4.19. The predicted octanol–water partition coefficient (Wildman–Crippen LogP) is 1.64. The highest BCUT2D eigenvalue weighted by Gasteiger charge is 2.15. The van der Waals surface area contributed by atoms with Gasteiger partial charge in [0, 0.05) is 19.2 Å². The summed E-state index contributed by atoms with van der Waals surface area (Å²) in [5.41, 5.74) is 0.229. The largest absolute Gasteiger partial charge is 0.508 e. The Morgan fingerprint density at radius 3 is 2.63 bits per heavy atom. The number of benzene rings is 1. The number of rotatable bonds is 8. The first-order chi connectivity index (χ1) is 9.08. The average Bonchev–Trinajstić information content (AvgIpc) is 2.37. The normalized spacial score (nSPS) is 10.9. The Balaban J connectivity index is 2.61. The Kier molecular flexibility index (Phi) is 6.32. The first-order valence-corrected chi connectivity index (χ1v) is 6.43. The van der Waals surface area contributed by atoms with Crippen LogP contribution in [-0.4, -0.2) is 53.7 Å². The van der Waals surface area contributed by atoms with Crippen molar-refractivity contribution in [2.75, 3.05) is 32.8 Å². The highest BCUT2D eigenvalue weighted by Crippen LogP contribution is 2.23. The lowest BCUT2D eigenvalue weighted by atomic mass is 10.1. The zero-order valence-corrected chi connectivity index (χ0v) is 11.4. The molecule has 1 rings (SSSR count). The van der Waals surface area contributed by atoms with Gasteiger partial charge in [0.25, 0.3) is 0 Å². The molecule has 0 atom stereocenters. The number of ether oxygens (including phenoxy) is 1. The number of carbonyl (C=O) groups excluding carboxylic acids is 1. The lowest BCUT2D eigenvalue weighted by Crippen LogP contribution is -2.32. The molecule has 0 bridgehead atoms. The summed E-state index contributed by atoms with van der Waals surface area (Å²) in [4.78, 5) is 14.0. The van der Waals surface area contributed by atoms with Gasteiger partial charge in [-0.15, -0.1) is 0 Å². The number of nitrogens with zero attached hydrogens (tertiary/aromatic N) is 1. The molecule has 0 amide bonds. The number of hydrogen-bond donors (Lipinski definition) is 2. The monoisotopic (exact) mass is 267 g/mol. The van der Waals surface area contributed by atoms with Gasteiger partial charge in [0.05, 0.1) is 18.7 Å². The van der Waals surface area contributed by atoms with Crippen LogP contribution in [0.5, 0.6) is 11.5 Å². The minimum atomic E-state index is -0.189. The molecular weight excluding hydrogens is 246 g/mol. The molecule has 5 nitrogen and oxygen atoms in total. The molecule has 0 saturated heterocycles. The van der Waals surface area contributed by atoms with Crippen LogP contribution >= 0.6 is 0 Å². The zero-order chi connectivity index (χ0) is 14.3. The number of likely N-dealkylation sites (N-methyl/N-ethyl adjacent to an activating group) is 1. The van der Waals surface area contributed by atoms with Crippen LogP contribution in [0.25, 0.3) is 0 Å². The number of ketones is 1. The number of carbonyl (C=O) groups is 1. The van der Waals surface area contributed by atoms with Crippen LogP contribution in [0.2, 0.25) is 0 Å². The van der Waals surface area contributed by atoms with Gasteiger partial charge < -0.3 is 14.9 Å². The van der Waals surface area contributed by atoms with Crippen molar-refractivity contribution in [3.05, 3.63) is 23.8 Å². The third-order valence-electron chi connectivity index (χ3n) is 2.85. The molecule has 0 spiro atoms. The van der Waals surface area contributed by atoms with Gasteiger partial charge in [0.15, 0.2) is 5.78 Å². The Morgan fingerprint density at radius 1 is 1.32 bits per heavy atom. The molecule has 106 valence electrons. The Bertz CT molecular complexity index is 420. The van der Waals surface area contributed by atoms with E-state index in [2.05, 4.69) is 0 Å². The number of phenolic OH excluding ortho intramolecular Hbond substituents is 2. The van der Waals surface area contributed by atoms with Gasteiger partial charge in [-0.1, -0.05) is 6.92 Å². The molecule has 1 aromatic carbocycles. The molecule has 1 aromatic rings. The SMILES string of the molecule is CCOCCN(CC)CC(=O)c1ccc(O)cc1O. The zero-order valence-electron chi connectivity index (χ0n) is 11.4. The maximum Gasteiger partial charge on any atom is 0.180 e. The molecule has 2 N–H and O–H groups in total. The molecule has 0 radical (unpaired) electrons. The van der Waals surface area contributed by atoms with E-state index in [1.165, 1.54) is 18.2 Å².